The van der Waals surface area contributed by atoms with Crippen molar-refractivity contribution in [3.8, 4) is 5.75 Å². The molecule has 3 nitrogen and oxygen atoms in total. The summed E-state index contributed by atoms with van der Waals surface area (Å²) in [6, 6.07) is 6.04. The van der Waals surface area contributed by atoms with Crippen LogP contribution in [-0.2, 0) is 10.2 Å². The Morgan fingerprint density at radius 2 is 2.24 bits per heavy atom. The molecule has 1 saturated heterocycles. The fraction of sp³-hybridized carbons (Fsp3) is 0.538. The van der Waals surface area contributed by atoms with Crippen molar-refractivity contribution >= 4 is 15.9 Å². The lowest BCUT2D eigenvalue weighted by Gasteiger charge is -2.42. The van der Waals surface area contributed by atoms with Crippen LogP contribution in [0, 0.1) is 0 Å². The minimum absolute atomic E-state index is 0.0118. The Labute approximate surface area is 110 Å². The number of benzene rings is 1. The molecule has 0 aromatic heterocycles. The Morgan fingerprint density at radius 1 is 1.47 bits per heavy atom. The van der Waals surface area contributed by atoms with Crippen molar-refractivity contribution in [2.24, 2.45) is 0 Å². The fourth-order valence-electron chi connectivity index (χ4n) is 2.30. The van der Waals surface area contributed by atoms with E-state index in [2.05, 4.69) is 22.0 Å². The van der Waals surface area contributed by atoms with E-state index in [1.165, 1.54) is 5.56 Å². The average molecular weight is 301 g/mol. The number of methoxy groups -OCH3 is 1. The zero-order valence-corrected chi connectivity index (χ0v) is 11.5. The number of rotatable bonds is 5. The van der Waals surface area contributed by atoms with E-state index in [4.69, 9.17) is 14.6 Å². The molecule has 0 amide bonds. The van der Waals surface area contributed by atoms with Crippen molar-refractivity contribution in [2.75, 3.05) is 26.9 Å². The first-order valence-electron chi connectivity index (χ1n) is 5.74. The lowest BCUT2D eigenvalue weighted by molar-refractivity contribution is -0.0674. The van der Waals surface area contributed by atoms with Gasteiger partial charge in [-0.1, -0.05) is 15.9 Å². The number of hydrogen-bond acceptors (Lipinski definition) is 3. The second kappa shape index (κ2) is 5.38. The molecule has 1 aliphatic heterocycles. The second-order valence-electron chi connectivity index (χ2n) is 4.44. The minimum Gasteiger partial charge on any atom is -0.496 e. The van der Waals surface area contributed by atoms with Gasteiger partial charge in [0.2, 0.25) is 0 Å². The van der Waals surface area contributed by atoms with Crippen molar-refractivity contribution in [1.29, 1.82) is 0 Å². The van der Waals surface area contributed by atoms with E-state index < -0.39 is 0 Å². The van der Waals surface area contributed by atoms with Crippen LogP contribution >= 0.6 is 15.9 Å². The topological polar surface area (TPSA) is 38.7 Å². The van der Waals surface area contributed by atoms with Crippen molar-refractivity contribution < 1.29 is 14.6 Å². The normalized spacial score (nSPS) is 17.6. The summed E-state index contributed by atoms with van der Waals surface area (Å²) in [7, 11) is 1.69. The highest BCUT2D eigenvalue weighted by Gasteiger charge is 2.41. The third kappa shape index (κ3) is 2.49. The van der Waals surface area contributed by atoms with Crippen molar-refractivity contribution in [1.82, 2.24) is 0 Å². The third-order valence-electron chi connectivity index (χ3n) is 3.30. The highest BCUT2D eigenvalue weighted by molar-refractivity contribution is 9.10. The molecule has 1 fully saturated rings. The van der Waals surface area contributed by atoms with E-state index in [0.717, 1.165) is 23.1 Å². The summed E-state index contributed by atoms with van der Waals surface area (Å²) in [6.07, 6.45) is 1.72. The molecule has 0 saturated carbocycles. The lowest BCUT2D eigenvalue weighted by atomic mass is 9.74. The van der Waals surface area contributed by atoms with Gasteiger partial charge in [0.15, 0.2) is 0 Å². The van der Waals surface area contributed by atoms with Gasteiger partial charge in [0, 0.05) is 22.1 Å². The summed E-state index contributed by atoms with van der Waals surface area (Å²) in [5.41, 5.74) is 1.19. The molecule has 17 heavy (non-hydrogen) atoms. The zero-order chi connectivity index (χ0) is 12.3. The van der Waals surface area contributed by atoms with Gasteiger partial charge in [-0.15, -0.1) is 0 Å². The maximum Gasteiger partial charge on any atom is 0.122 e. The van der Waals surface area contributed by atoms with Gasteiger partial charge in [-0.3, -0.25) is 0 Å². The van der Waals surface area contributed by atoms with Crippen LogP contribution in [0.4, 0.5) is 0 Å². The molecule has 0 radical (unpaired) electrons. The number of aliphatic hydroxyl groups is 1. The molecule has 1 aromatic rings. The van der Waals surface area contributed by atoms with E-state index in [9.17, 15) is 0 Å². The molecule has 1 aliphatic rings. The van der Waals surface area contributed by atoms with Crippen LogP contribution in [0.2, 0.25) is 0 Å². The molecule has 1 heterocycles. The summed E-state index contributed by atoms with van der Waals surface area (Å²) in [5.74, 6) is 0.898. The van der Waals surface area contributed by atoms with Crippen molar-refractivity contribution in [2.45, 2.75) is 18.3 Å². The van der Waals surface area contributed by atoms with Gasteiger partial charge in [-0.2, -0.15) is 0 Å². The van der Waals surface area contributed by atoms with Gasteiger partial charge in [-0.25, -0.2) is 0 Å². The summed E-state index contributed by atoms with van der Waals surface area (Å²) in [6.45, 7) is 1.64. The van der Waals surface area contributed by atoms with Gasteiger partial charge < -0.3 is 14.6 Å². The minimum atomic E-state index is 0.0118. The Kier molecular flexibility index (Phi) is 4.07. The van der Waals surface area contributed by atoms with Gasteiger partial charge in [0.1, 0.15) is 5.75 Å². The van der Waals surface area contributed by atoms with E-state index in [-0.39, 0.29) is 12.0 Å². The maximum absolute atomic E-state index is 9.00. The molecular weight excluding hydrogens is 284 g/mol. The summed E-state index contributed by atoms with van der Waals surface area (Å²) in [4.78, 5) is 0. The molecule has 0 unspecified atom stereocenters. The van der Waals surface area contributed by atoms with Crippen LogP contribution in [-0.4, -0.2) is 32.0 Å². The molecule has 1 aromatic carbocycles. The van der Waals surface area contributed by atoms with E-state index in [1.54, 1.807) is 7.11 Å². The van der Waals surface area contributed by atoms with Gasteiger partial charge in [-0.05, 0) is 31.0 Å². The van der Waals surface area contributed by atoms with Gasteiger partial charge in [0.25, 0.3) is 0 Å². The number of halogens is 1. The maximum atomic E-state index is 9.00. The summed E-state index contributed by atoms with van der Waals surface area (Å²) in [5, 5.41) is 9.00. The Morgan fingerprint density at radius 3 is 2.76 bits per heavy atom. The quantitative estimate of drug-likeness (QED) is 0.908. The van der Waals surface area contributed by atoms with Gasteiger partial charge >= 0.3 is 0 Å². The van der Waals surface area contributed by atoms with Crippen LogP contribution in [0.15, 0.2) is 22.7 Å². The number of aliphatic hydroxyl groups excluding tert-OH is 1. The Bertz CT molecular complexity index is 388. The van der Waals surface area contributed by atoms with Gasteiger partial charge in [0.05, 0.1) is 20.3 Å². The molecule has 0 aliphatic carbocycles. The molecule has 0 atom stereocenters. The first-order valence-corrected chi connectivity index (χ1v) is 6.54. The van der Waals surface area contributed by atoms with Crippen molar-refractivity contribution in [3.63, 3.8) is 0 Å². The lowest BCUT2D eigenvalue weighted by Crippen LogP contribution is -2.47. The number of hydrogen-bond donors (Lipinski definition) is 1. The smallest absolute Gasteiger partial charge is 0.122 e. The monoisotopic (exact) mass is 300 g/mol. The standard InChI is InChI=1S/C13H17BrO3/c1-16-12-4-3-10(14)7-11(12)13(5-2-6-15)8-17-9-13/h3-4,7,15H,2,5-6,8-9H2,1H3. The van der Waals surface area contributed by atoms with Crippen LogP contribution in [0.1, 0.15) is 18.4 Å². The molecule has 2 rings (SSSR count). The molecular formula is C13H17BrO3. The van der Waals surface area contributed by atoms with Crippen LogP contribution in [0.25, 0.3) is 0 Å². The molecule has 0 spiro atoms. The SMILES string of the molecule is COc1ccc(Br)cc1C1(CCCO)COC1. The first kappa shape index (κ1) is 12.9. The van der Waals surface area contributed by atoms with E-state index >= 15 is 0 Å². The third-order valence-corrected chi connectivity index (χ3v) is 3.80. The van der Waals surface area contributed by atoms with E-state index in [0.29, 0.717) is 13.2 Å². The molecule has 4 heteroatoms. The average Bonchev–Trinajstić information content (AvgIpc) is 2.28. The summed E-state index contributed by atoms with van der Waals surface area (Å²) >= 11 is 3.49. The van der Waals surface area contributed by atoms with Crippen LogP contribution < -0.4 is 4.74 Å². The fourth-order valence-corrected chi connectivity index (χ4v) is 2.66. The second-order valence-corrected chi connectivity index (χ2v) is 5.36. The predicted molar refractivity (Wildman–Crippen MR) is 69.5 cm³/mol. The number of ether oxygens (including phenoxy) is 2. The highest BCUT2D eigenvalue weighted by atomic mass is 79.9. The predicted octanol–water partition coefficient (Wildman–Crippen LogP) is 2.50. The Balaban J connectivity index is 2.32. The highest BCUT2D eigenvalue weighted by Crippen LogP contribution is 2.42. The Hall–Kier alpha value is -0.580. The van der Waals surface area contributed by atoms with Crippen molar-refractivity contribution in [3.05, 3.63) is 28.2 Å². The zero-order valence-electron chi connectivity index (χ0n) is 9.91. The van der Waals surface area contributed by atoms with Crippen LogP contribution in [0.5, 0.6) is 5.75 Å². The van der Waals surface area contributed by atoms with Crippen LogP contribution in [0.3, 0.4) is 0 Å². The first-order chi connectivity index (χ1) is 8.22. The molecule has 94 valence electrons. The molecule has 1 N–H and O–H groups in total. The largest absolute Gasteiger partial charge is 0.496 e. The summed E-state index contributed by atoms with van der Waals surface area (Å²) < 4.78 is 11.8. The molecule has 0 bridgehead atoms. The van der Waals surface area contributed by atoms with E-state index in [1.807, 2.05) is 12.1 Å².